The van der Waals surface area contributed by atoms with Crippen molar-refractivity contribution in [2.24, 2.45) is 104 Å². The minimum atomic E-state index is 0.570. The van der Waals surface area contributed by atoms with Crippen LogP contribution in [0.4, 0.5) is 0 Å². The summed E-state index contributed by atoms with van der Waals surface area (Å²) < 4.78 is 0. The normalized spacial score (nSPS) is 22.2. The average Bonchev–Trinajstić information content (AvgIpc) is 4.16. The molecule has 0 saturated heterocycles. The first-order chi connectivity index (χ1) is 35.6. The van der Waals surface area contributed by atoms with Gasteiger partial charge in [0.15, 0.2) is 0 Å². The van der Waals surface area contributed by atoms with Gasteiger partial charge in [-0.1, -0.05) is 307 Å². The van der Waals surface area contributed by atoms with E-state index in [1.54, 1.807) is 0 Å². The Morgan fingerprint density at radius 2 is 0.416 bits per heavy atom. The van der Waals surface area contributed by atoms with E-state index in [1.165, 1.54) is 231 Å². The third-order valence-corrected chi connectivity index (χ3v) is 20.0. The van der Waals surface area contributed by atoms with Crippen molar-refractivity contribution in [3.05, 3.63) is 0 Å². The summed E-state index contributed by atoms with van der Waals surface area (Å²) in [6.07, 6.45) is 53.5. The summed E-state index contributed by atoms with van der Waals surface area (Å²) in [5, 5.41) is 0. The molecule has 0 radical (unpaired) electrons. The molecule has 0 spiro atoms. The Bertz CT molecular complexity index is 1310. The van der Waals surface area contributed by atoms with Gasteiger partial charge < -0.3 is 0 Å². The van der Waals surface area contributed by atoms with Crippen LogP contribution in [0.25, 0.3) is 0 Å². The van der Waals surface area contributed by atoms with Gasteiger partial charge in [0.05, 0.1) is 0 Å². The summed E-state index contributed by atoms with van der Waals surface area (Å²) >= 11 is 0. The fraction of sp³-hybridized carbons (Fsp3) is 1.00. The van der Waals surface area contributed by atoms with E-state index >= 15 is 0 Å². The predicted octanol–water partition coefficient (Wildman–Crippen LogP) is 27.4. The van der Waals surface area contributed by atoms with Crippen LogP contribution in [0.15, 0.2) is 0 Å². The van der Waals surface area contributed by atoms with E-state index in [9.17, 15) is 0 Å². The van der Waals surface area contributed by atoms with Crippen LogP contribution < -0.4 is 0 Å². The summed E-state index contributed by atoms with van der Waals surface area (Å²) in [5.74, 6) is 13.3. The van der Waals surface area contributed by atoms with Gasteiger partial charge in [-0.15, -0.1) is 0 Å². The van der Waals surface area contributed by atoms with E-state index in [1.807, 2.05) is 0 Å². The Kier molecular flexibility index (Phi) is 37.8. The molecule has 0 heteroatoms. The fourth-order valence-corrected chi connectivity index (χ4v) is 14.0. The highest BCUT2D eigenvalue weighted by Gasteiger charge is 2.34. The van der Waals surface area contributed by atoms with E-state index in [0.29, 0.717) is 27.1 Å². The lowest BCUT2D eigenvalue weighted by atomic mass is 9.69. The van der Waals surface area contributed by atoms with Gasteiger partial charge in [-0.05, 0) is 187 Å². The first kappa shape index (κ1) is 75.0. The van der Waals surface area contributed by atoms with Crippen molar-refractivity contribution < 1.29 is 0 Å². The minimum Gasteiger partial charge on any atom is -0.0628 e. The van der Waals surface area contributed by atoms with Crippen LogP contribution in [-0.4, -0.2) is 0 Å². The minimum absolute atomic E-state index is 0.570. The van der Waals surface area contributed by atoms with Gasteiger partial charge in [0, 0.05) is 0 Å². The number of hydrogen-bond donors (Lipinski definition) is 0. The zero-order valence-electron chi connectivity index (χ0n) is 58.5. The molecular formula is C77H154. The van der Waals surface area contributed by atoms with E-state index in [-0.39, 0.29) is 0 Å². The van der Waals surface area contributed by atoms with Gasteiger partial charge in [-0.3, -0.25) is 0 Å². The van der Waals surface area contributed by atoms with Crippen LogP contribution in [-0.2, 0) is 0 Å². The van der Waals surface area contributed by atoms with Crippen molar-refractivity contribution in [3.63, 3.8) is 0 Å². The molecule has 9 fully saturated rings. The summed E-state index contributed by atoms with van der Waals surface area (Å²) in [7, 11) is 0. The smallest absolute Gasteiger partial charge is 0.0354 e. The van der Waals surface area contributed by atoms with Crippen molar-refractivity contribution >= 4 is 0 Å². The van der Waals surface area contributed by atoms with Gasteiger partial charge in [-0.2, -0.15) is 0 Å². The third kappa shape index (κ3) is 42.5. The maximum Gasteiger partial charge on any atom is -0.0354 e. The molecule has 9 saturated carbocycles. The second kappa shape index (κ2) is 38.8. The topological polar surface area (TPSA) is 0 Å². The maximum absolute atomic E-state index is 2.38. The second-order valence-electron chi connectivity index (χ2n) is 35.7. The van der Waals surface area contributed by atoms with E-state index in [4.69, 9.17) is 0 Å². The molecule has 0 amide bonds. The molecule has 9 rings (SSSR count). The lowest BCUT2D eigenvalue weighted by Gasteiger charge is -2.37. The summed E-state index contributed by atoms with van der Waals surface area (Å²) in [6, 6.07) is 0. The zero-order chi connectivity index (χ0) is 58.5. The van der Waals surface area contributed by atoms with Crippen molar-refractivity contribution in [1.82, 2.24) is 0 Å². The fourth-order valence-electron chi connectivity index (χ4n) is 14.0. The van der Waals surface area contributed by atoms with Gasteiger partial charge in [0.25, 0.3) is 0 Å². The molecule has 9 aliphatic rings. The van der Waals surface area contributed by atoms with Gasteiger partial charge in [0.1, 0.15) is 0 Å². The third-order valence-electron chi connectivity index (χ3n) is 20.0. The number of hydrogen-bond acceptors (Lipinski definition) is 0. The molecular weight excluding hydrogens is 925 g/mol. The second-order valence-corrected chi connectivity index (χ2v) is 35.7. The summed E-state index contributed by atoms with van der Waals surface area (Å²) in [5.41, 5.74) is 2.93. The summed E-state index contributed by atoms with van der Waals surface area (Å²) in [6.45, 7) is 53.8. The largest absolute Gasteiger partial charge is 0.0628 e. The Hall–Kier alpha value is 0. The average molecular weight is 1080 g/mol. The quantitative estimate of drug-likeness (QED) is 0.216. The highest BCUT2D eigenvalue weighted by atomic mass is 14.4. The Labute approximate surface area is 491 Å². The van der Waals surface area contributed by atoms with Crippen molar-refractivity contribution in [3.8, 4) is 0 Å². The first-order valence-corrected chi connectivity index (χ1v) is 35.6. The predicted molar refractivity (Wildman–Crippen MR) is 354 cm³/mol. The van der Waals surface area contributed by atoms with E-state index in [2.05, 4.69) is 159 Å². The van der Waals surface area contributed by atoms with Crippen LogP contribution >= 0.6 is 0 Å². The van der Waals surface area contributed by atoms with Gasteiger partial charge in [0.2, 0.25) is 0 Å². The highest BCUT2D eigenvalue weighted by molar-refractivity contribution is 4.85. The van der Waals surface area contributed by atoms with Crippen LogP contribution in [0.5, 0.6) is 0 Å². The Morgan fingerprint density at radius 1 is 0.221 bits per heavy atom. The molecule has 77 heavy (non-hydrogen) atoms. The van der Waals surface area contributed by atoms with Crippen LogP contribution in [0, 0.1) is 104 Å². The molecule has 0 aromatic rings. The van der Waals surface area contributed by atoms with E-state index in [0.717, 1.165) is 76.9 Å². The lowest BCUT2D eigenvalue weighted by Crippen LogP contribution is -2.26. The Balaban J connectivity index is 0.000000434. The number of rotatable bonds is 9. The molecule has 9 aliphatic carbocycles. The maximum atomic E-state index is 2.38. The van der Waals surface area contributed by atoms with Crippen LogP contribution in [0.3, 0.4) is 0 Å². The molecule has 0 nitrogen and oxygen atoms in total. The van der Waals surface area contributed by atoms with Crippen LogP contribution in [0.2, 0.25) is 0 Å². The molecule has 0 heterocycles. The van der Waals surface area contributed by atoms with E-state index < -0.39 is 0 Å². The molecule has 462 valence electrons. The SMILES string of the molecule is CC(C)(C)C1CC1.CC(C)(C)C1CCC1.CC(C)(C)C1CCCC1.CC(C)(C)C1CCCCC1.CC(C)(C)CC1CCC1.CC(C)CC1CC1.CC(C)CC1CCC1.CC(C)CC1CCCC1.CC(C)CC1CCCCC1. The zero-order valence-corrected chi connectivity index (χ0v) is 58.5. The van der Waals surface area contributed by atoms with Crippen molar-refractivity contribution in [2.45, 2.75) is 390 Å². The highest BCUT2D eigenvalue weighted by Crippen LogP contribution is 2.45. The molecule has 0 N–H and O–H groups in total. The van der Waals surface area contributed by atoms with Gasteiger partial charge in [-0.25, -0.2) is 0 Å². The monoisotopic (exact) mass is 1080 g/mol. The first-order valence-electron chi connectivity index (χ1n) is 35.6. The van der Waals surface area contributed by atoms with Gasteiger partial charge >= 0.3 is 0 Å². The lowest BCUT2D eigenvalue weighted by molar-refractivity contribution is 0.141. The molecule has 0 aromatic carbocycles. The van der Waals surface area contributed by atoms with Crippen LogP contribution in [0.1, 0.15) is 390 Å². The molecule has 0 aromatic heterocycles. The standard InChI is InChI=1S/2C10H20.3C9H18.2C8H16.2C7H14/c1-10(2,3)9-7-5-4-6-8-9;1-9(2)8-10-6-4-3-5-7-10;1-9(2,3)7-8-5-4-6-8;1-9(2,3)8-6-4-5-7-8;1-8(2)7-9-5-3-4-6-9;1-8(2,3)7-5-4-6-7;1-7(2)6-8-4-3-5-8;1-7(2,3)6-4-5-6;1-6(2)5-7-3-4-7/h9H,4-8H2,1-3H3;9-10H,3-8H2,1-2H3;2*8H,4-7H2,1-3H3;8-9H,3-7H2,1-2H3;7H,4-6H2,1-3H3;7-8H,3-6H2,1-2H3;6H,4-5H2,1-3H3;6-7H,3-5H2,1-2H3. The summed E-state index contributed by atoms with van der Waals surface area (Å²) in [4.78, 5) is 0. The van der Waals surface area contributed by atoms with Crippen molar-refractivity contribution in [1.29, 1.82) is 0 Å². The Morgan fingerprint density at radius 3 is 0.558 bits per heavy atom. The molecule has 0 bridgehead atoms. The molecule has 0 aliphatic heterocycles. The molecule has 0 atom stereocenters. The van der Waals surface area contributed by atoms with Crippen molar-refractivity contribution in [2.75, 3.05) is 0 Å². The molecule has 0 unspecified atom stereocenters.